The predicted molar refractivity (Wildman–Crippen MR) is 67.2 cm³/mol. The van der Waals surface area contributed by atoms with Gasteiger partial charge in [0.15, 0.2) is 0 Å². The summed E-state index contributed by atoms with van der Waals surface area (Å²) in [6, 6.07) is 6.34. The first-order valence-electron chi connectivity index (χ1n) is 5.22. The maximum Gasteiger partial charge on any atom is 0.240 e. The monoisotopic (exact) mass is 258 g/mol. The third-order valence-electron chi connectivity index (χ3n) is 2.69. The molecule has 0 saturated heterocycles. The Labute approximate surface area is 102 Å². The van der Waals surface area contributed by atoms with Crippen molar-refractivity contribution in [2.24, 2.45) is 5.14 Å². The van der Waals surface area contributed by atoms with Crippen LogP contribution in [0.4, 0.5) is 5.69 Å². The van der Waals surface area contributed by atoms with E-state index in [1.54, 1.807) is 39.0 Å². The van der Waals surface area contributed by atoms with Gasteiger partial charge in [-0.3, -0.25) is 0 Å². The smallest absolute Gasteiger partial charge is 0.240 e. The van der Waals surface area contributed by atoms with E-state index in [0.717, 1.165) is 0 Å². The molecule has 0 fully saturated rings. The van der Waals surface area contributed by atoms with Crippen LogP contribution in [0.25, 0.3) is 0 Å². The minimum absolute atomic E-state index is 0.0220. The Hall–Kier alpha value is -1.11. The van der Waals surface area contributed by atoms with Crippen molar-refractivity contribution in [3.63, 3.8) is 0 Å². The summed E-state index contributed by atoms with van der Waals surface area (Å²) in [7, 11) is -3.78. The highest BCUT2D eigenvalue weighted by molar-refractivity contribution is 7.89. The Kier molecular flexibility index (Phi) is 3.81. The van der Waals surface area contributed by atoms with E-state index in [2.05, 4.69) is 5.32 Å². The third-order valence-corrected chi connectivity index (χ3v) is 3.66. The van der Waals surface area contributed by atoms with Crippen LogP contribution in [0.2, 0.25) is 0 Å². The van der Waals surface area contributed by atoms with E-state index in [4.69, 9.17) is 5.14 Å². The Bertz CT molecular complexity index is 495. The third kappa shape index (κ3) is 3.42. The SMILES string of the molecule is CC(O)C(C)(C)Nc1ccccc1S(N)(=O)=O. The van der Waals surface area contributed by atoms with E-state index in [9.17, 15) is 13.5 Å². The van der Waals surface area contributed by atoms with Crippen molar-refractivity contribution in [1.82, 2.24) is 0 Å². The number of primary sulfonamides is 1. The molecule has 0 aromatic heterocycles. The molecule has 0 spiro atoms. The van der Waals surface area contributed by atoms with E-state index in [1.165, 1.54) is 6.07 Å². The molecule has 0 aliphatic rings. The Morgan fingerprint density at radius 1 is 1.35 bits per heavy atom. The molecule has 1 rings (SSSR count). The molecule has 0 bridgehead atoms. The molecule has 5 nitrogen and oxygen atoms in total. The topological polar surface area (TPSA) is 92.4 Å². The number of hydrogen-bond donors (Lipinski definition) is 3. The molecule has 0 aliphatic heterocycles. The van der Waals surface area contributed by atoms with Crippen LogP contribution in [0.15, 0.2) is 29.2 Å². The van der Waals surface area contributed by atoms with E-state index < -0.39 is 21.7 Å². The zero-order valence-corrected chi connectivity index (χ0v) is 11.0. The van der Waals surface area contributed by atoms with Gasteiger partial charge in [-0.1, -0.05) is 12.1 Å². The van der Waals surface area contributed by atoms with Crippen LogP contribution in [0.5, 0.6) is 0 Å². The number of benzene rings is 1. The van der Waals surface area contributed by atoms with Gasteiger partial charge in [-0.2, -0.15) is 0 Å². The van der Waals surface area contributed by atoms with Gasteiger partial charge in [-0.05, 0) is 32.9 Å². The number of aliphatic hydroxyl groups is 1. The fourth-order valence-corrected chi connectivity index (χ4v) is 1.96. The van der Waals surface area contributed by atoms with Gasteiger partial charge in [0.05, 0.1) is 17.3 Å². The number of rotatable bonds is 4. The van der Waals surface area contributed by atoms with Crippen LogP contribution in [0.3, 0.4) is 0 Å². The summed E-state index contributed by atoms with van der Waals surface area (Å²) >= 11 is 0. The minimum atomic E-state index is -3.78. The average molecular weight is 258 g/mol. The highest BCUT2D eigenvalue weighted by Gasteiger charge is 2.26. The molecule has 4 N–H and O–H groups in total. The van der Waals surface area contributed by atoms with Gasteiger partial charge >= 0.3 is 0 Å². The maximum atomic E-state index is 11.4. The predicted octanol–water partition coefficient (Wildman–Crippen LogP) is 0.905. The first kappa shape index (κ1) is 14.0. The largest absolute Gasteiger partial charge is 0.391 e. The van der Waals surface area contributed by atoms with E-state index in [-0.39, 0.29) is 4.90 Å². The number of aliphatic hydroxyl groups excluding tert-OH is 1. The van der Waals surface area contributed by atoms with Crippen LogP contribution >= 0.6 is 0 Å². The van der Waals surface area contributed by atoms with Crippen molar-refractivity contribution >= 4 is 15.7 Å². The van der Waals surface area contributed by atoms with E-state index in [0.29, 0.717) is 5.69 Å². The van der Waals surface area contributed by atoms with E-state index in [1.807, 2.05) is 0 Å². The standard InChI is InChI=1S/C11H18N2O3S/c1-8(14)11(2,3)13-9-6-4-5-7-10(9)17(12,15)16/h4-8,13-14H,1-3H3,(H2,12,15,16). The van der Waals surface area contributed by atoms with Crippen molar-refractivity contribution < 1.29 is 13.5 Å². The molecule has 0 heterocycles. The van der Waals surface area contributed by atoms with Crippen LogP contribution in [0, 0.1) is 0 Å². The molecule has 6 heteroatoms. The number of nitrogens with two attached hydrogens (primary N) is 1. The molecule has 0 saturated carbocycles. The first-order valence-corrected chi connectivity index (χ1v) is 6.77. The molecular weight excluding hydrogens is 240 g/mol. The molecule has 0 aliphatic carbocycles. The average Bonchev–Trinajstić information content (AvgIpc) is 2.15. The fraction of sp³-hybridized carbons (Fsp3) is 0.455. The van der Waals surface area contributed by atoms with Crippen molar-refractivity contribution in [3.8, 4) is 0 Å². The first-order chi connectivity index (χ1) is 7.64. The van der Waals surface area contributed by atoms with Gasteiger partial charge < -0.3 is 10.4 Å². The van der Waals surface area contributed by atoms with Crippen LogP contribution in [-0.2, 0) is 10.0 Å². The Balaban J connectivity index is 3.17. The lowest BCUT2D eigenvalue weighted by molar-refractivity contribution is 0.133. The van der Waals surface area contributed by atoms with Crippen molar-refractivity contribution in [2.75, 3.05) is 5.32 Å². The molecule has 96 valence electrons. The zero-order chi connectivity index (χ0) is 13.3. The summed E-state index contributed by atoms with van der Waals surface area (Å²) in [5.41, 5.74) is -0.262. The van der Waals surface area contributed by atoms with Gasteiger partial charge in [0.2, 0.25) is 10.0 Å². The summed E-state index contributed by atoms with van der Waals surface area (Å²) in [5, 5.41) is 17.7. The van der Waals surface area contributed by atoms with Gasteiger partial charge in [0, 0.05) is 0 Å². The number of hydrogen-bond acceptors (Lipinski definition) is 4. The summed E-state index contributed by atoms with van der Waals surface area (Å²) in [6.45, 7) is 5.18. The van der Waals surface area contributed by atoms with E-state index >= 15 is 0 Å². The highest BCUT2D eigenvalue weighted by atomic mass is 32.2. The number of anilines is 1. The van der Waals surface area contributed by atoms with Gasteiger partial charge in [0.1, 0.15) is 4.90 Å². The van der Waals surface area contributed by atoms with Crippen LogP contribution in [0.1, 0.15) is 20.8 Å². The second-order valence-electron chi connectivity index (χ2n) is 4.56. The second kappa shape index (κ2) is 4.64. The molecule has 1 atom stereocenters. The summed E-state index contributed by atoms with van der Waals surface area (Å²) < 4.78 is 22.8. The quantitative estimate of drug-likeness (QED) is 0.748. The lowest BCUT2D eigenvalue weighted by Gasteiger charge is -2.31. The molecule has 1 unspecified atom stereocenters. The normalized spacial score (nSPS) is 14.4. The molecule has 17 heavy (non-hydrogen) atoms. The number of para-hydroxylation sites is 1. The summed E-state index contributed by atoms with van der Waals surface area (Å²) in [4.78, 5) is 0.0220. The van der Waals surface area contributed by atoms with Gasteiger partial charge in [-0.15, -0.1) is 0 Å². The van der Waals surface area contributed by atoms with Crippen molar-refractivity contribution in [3.05, 3.63) is 24.3 Å². The van der Waals surface area contributed by atoms with Crippen LogP contribution in [-0.4, -0.2) is 25.2 Å². The van der Waals surface area contributed by atoms with Gasteiger partial charge in [-0.25, -0.2) is 13.6 Å². The second-order valence-corrected chi connectivity index (χ2v) is 6.09. The minimum Gasteiger partial charge on any atom is -0.391 e. The van der Waals surface area contributed by atoms with Crippen LogP contribution < -0.4 is 10.5 Å². The zero-order valence-electron chi connectivity index (χ0n) is 10.1. The molecule has 1 aromatic rings. The molecular formula is C11H18N2O3S. The lowest BCUT2D eigenvalue weighted by Crippen LogP contribution is -2.42. The van der Waals surface area contributed by atoms with Crippen molar-refractivity contribution in [1.29, 1.82) is 0 Å². The lowest BCUT2D eigenvalue weighted by atomic mass is 9.98. The van der Waals surface area contributed by atoms with Crippen molar-refractivity contribution in [2.45, 2.75) is 37.3 Å². The molecule has 1 aromatic carbocycles. The molecule has 0 radical (unpaired) electrons. The number of nitrogens with one attached hydrogen (secondary N) is 1. The fourth-order valence-electron chi connectivity index (χ4n) is 1.27. The highest BCUT2D eigenvalue weighted by Crippen LogP contribution is 2.24. The Morgan fingerprint density at radius 3 is 2.35 bits per heavy atom. The number of sulfonamides is 1. The van der Waals surface area contributed by atoms with Gasteiger partial charge in [0.25, 0.3) is 0 Å². The summed E-state index contributed by atoms with van der Waals surface area (Å²) in [5.74, 6) is 0. The Morgan fingerprint density at radius 2 is 1.88 bits per heavy atom. The summed E-state index contributed by atoms with van der Waals surface area (Å²) in [6.07, 6.45) is -0.643. The molecule has 0 amide bonds. The maximum absolute atomic E-state index is 11.4.